The van der Waals surface area contributed by atoms with Crippen molar-refractivity contribution in [1.29, 1.82) is 0 Å². The number of aliphatic hydroxyl groups is 2. The topological polar surface area (TPSA) is 89.5 Å². The molecule has 0 aliphatic carbocycles. The van der Waals surface area contributed by atoms with E-state index in [0.29, 0.717) is 11.5 Å². The van der Waals surface area contributed by atoms with Gasteiger partial charge in [0.05, 0.1) is 6.61 Å². The van der Waals surface area contributed by atoms with Gasteiger partial charge < -0.3 is 10.2 Å². The third-order valence-corrected chi connectivity index (χ3v) is 2.41. The number of hydrogen-bond donors (Lipinski definition) is 3. The first-order chi connectivity index (χ1) is 8.72. The maximum Gasteiger partial charge on any atom is 0.346 e. The molecule has 6 nitrogen and oxygen atoms in total. The molecule has 0 unspecified atom stereocenters. The summed E-state index contributed by atoms with van der Waals surface area (Å²) in [7, 11) is 0. The van der Waals surface area contributed by atoms with Gasteiger partial charge in [0.1, 0.15) is 5.82 Å². The summed E-state index contributed by atoms with van der Waals surface area (Å²) >= 11 is 0. The number of hydrogen-bond acceptors (Lipinski definition) is 5. The van der Waals surface area contributed by atoms with Gasteiger partial charge >= 0.3 is 5.69 Å². The highest BCUT2D eigenvalue weighted by molar-refractivity contribution is 5.59. The van der Waals surface area contributed by atoms with Crippen LogP contribution in [0.1, 0.15) is 0 Å². The molecule has 1 heterocycles. The average Bonchev–Trinajstić information content (AvgIpc) is 2.40. The molecule has 0 aliphatic rings. The standard InChI is InChI=1S/C12H13N3O3/c16-8-11(17)15(9-4-2-1-3-5-9)10-6-7-13-12(18)14-10/h1-7,11,16-17H,8H2,(H,13,14,18)/t11-/m0/s1. The molecule has 3 N–H and O–H groups in total. The molecule has 0 aliphatic heterocycles. The molecule has 1 aromatic heterocycles. The third kappa shape index (κ3) is 2.55. The number of benzene rings is 1. The molecule has 0 radical (unpaired) electrons. The van der Waals surface area contributed by atoms with Gasteiger partial charge in [0.15, 0.2) is 6.23 Å². The largest absolute Gasteiger partial charge is 0.392 e. The van der Waals surface area contributed by atoms with Crippen LogP contribution in [0.3, 0.4) is 0 Å². The summed E-state index contributed by atoms with van der Waals surface area (Å²) in [5, 5.41) is 18.9. The molecule has 18 heavy (non-hydrogen) atoms. The van der Waals surface area contributed by atoms with Crippen LogP contribution in [0.4, 0.5) is 11.5 Å². The zero-order valence-electron chi connectivity index (χ0n) is 9.52. The number of H-pyrrole nitrogens is 1. The summed E-state index contributed by atoms with van der Waals surface area (Å²) in [5.41, 5.74) is 0.138. The van der Waals surface area contributed by atoms with E-state index in [2.05, 4.69) is 9.97 Å². The van der Waals surface area contributed by atoms with Crippen molar-refractivity contribution in [1.82, 2.24) is 9.97 Å². The normalized spacial score (nSPS) is 12.1. The zero-order chi connectivity index (χ0) is 13.0. The summed E-state index contributed by atoms with van der Waals surface area (Å²) in [6.07, 6.45) is 0.194. The smallest absolute Gasteiger partial charge is 0.346 e. The molecule has 2 rings (SSSR count). The first-order valence-corrected chi connectivity index (χ1v) is 5.41. The van der Waals surface area contributed by atoms with E-state index in [1.54, 1.807) is 30.3 Å². The van der Waals surface area contributed by atoms with E-state index in [4.69, 9.17) is 5.11 Å². The van der Waals surface area contributed by atoms with Crippen LogP contribution in [0.25, 0.3) is 0 Å². The molecule has 1 aromatic carbocycles. The molecule has 0 saturated carbocycles. The predicted octanol–water partition coefficient (Wildman–Crippen LogP) is 0.219. The minimum absolute atomic E-state index is 0.364. The number of nitrogens with one attached hydrogen (secondary N) is 1. The van der Waals surface area contributed by atoms with Crippen molar-refractivity contribution in [3.05, 3.63) is 53.1 Å². The molecule has 0 spiro atoms. The van der Waals surface area contributed by atoms with Crippen LogP contribution in [0.2, 0.25) is 0 Å². The summed E-state index contributed by atoms with van der Waals surface area (Å²) in [6.45, 7) is -0.459. The quantitative estimate of drug-likeness (QED) is 0.672. The van der Waals surface area contributed by atoms with Crippen LogP contribution >= 0.6 is 0 Å². The van der Waals surface area contributed by atoms with Crippen LogP contribution in [0, 0.1) is 0 Å². The maximum atomic E-state index is 11.2. The highest BCUT2D eigenvalue weighted by atomic mass is 16.3. The molecule has 6 heteroatoms. The summed E-state index contributed by atoms with van der Waals surface area (Å²) < 4.78 is 0. The Hall–Kier alpha value is -2.18. The van der Waals surface area contributed by atoms with Crippen LogP contribution in [-0.4, -0.2) is 33.0 Å². The lowest BCUT2D eigenvalue weighted by Gasteiger charge is -2.28. The summed E-state index contributed by atoms with van der Waals surface area (Å²) in [6, 6.07) is 10.5. The molecule has 0 saturated heterocycles. The second kappa shape index (κ2) is 5.44. The van der Waals surface area contributed by atoms with Gasteiger partial charge in [-0.25, -0.2) is 9.78 Å². The van der Waals surface area contributed by atoms with Crippen molar-refractivity contribution in [2.75, 3.05) is 11.5 Å². The number of aromatic nitrogens is 2. The molecule has 0 amide bonds. The number of para-hydroxylation sites is 1. The Morgan fingerprint density at radius 1 is 1.28 bits per heavy atom. The van der Waals surface area contributed by atoms with Crippen molar-refractivity contribution in [2.24, 2.45) is 0 Å². The lowest BCUT2D eigenvalue weighted by atomic mass is 10.2. The number of aromatic amines is 1. The summed E-state index contributed by atoms with van der Waals surface area (Å²) in [4.78, 5) is 18.6. The Bertz CT molecular complexity index is 556. The predicted molar refractivity (Wildman–Crippen MR) is 66.5 cm³/mol. The second-order valence-electron chi connectivity index (χ2n) is 3.63. The average molecular weight is 247 g/mol. The molecular formula is C12H13N3O3. The van der Waals surface area contributed by atoms with Crippen molar-refractivity contribution >= 4 is 11.5 Å². The van der Waals surface area contributed by atoms with Crippen LogP contribution < -0.4 is 10.6 Å². The van der Waals surface area contributed by atoms with Crippen LogP contribution in [0.15, 0.2) is 47.4 Å². The van der Waals surface area contributed by atoms with Crippen molar-refractivity contribution < 1.29 is 10.2 Å². The molecular weight excluding hydrogens is 234 g/mol. The Morgan fingerprint density at radius 2 is 2.00 bits per heavy atom. The number of nitrogens with zero attached hydrogens (tertiary/aromatic N) is 2. The lowest BCUT2D eigenvalue weighted by Crippen LogP contribution is -2.35. The van der Waals surface area contributed by atoms with Crippen molar-refractivity contribution in [3.8, 4) is 0 Å². The second-order valence-corrected chi connectivity index (χ2v) is 3.63. The molecule has 1 atom stereocenters. The van der Waals surface area contributed by atoms with E-state index >= 15 is 0 Å². The Kier molecular flexibility index (Phi) is 3.71. The van der Waals surface area contributed by atoms with Crippen molar-refractivity contribution in [2.45, 2.75) is 6.23 Å². The fraction of sp³-hybridized carbons (Fsp3) is 0.167. The Morgan fingerprint density at radius 3 is 2.61 bits per heavy atom. The van der Waals surface area contributed by atoms with Gasteiger partial charge in [-0.05, 0) is 18.2 Å². The molecule has 0 fully saturated rings. The highest BCUT2D eigenvalue weighted by Crippen LogP contribution is 2.23. The third-order valence-electron chi connectivity index (χ3n) is 2.41. The van der Waals surface area contributed by atoms with E-state index in [-0.39, 0.29) is 0 Å². The summed E-state index contributed by atoms with van der Waals surface area (Å²) in [5.74, 6) is 0.364. The van der Waals surface area contributed by atoms with Gasteiger partial charge in [-0.2, -0.15) is 0 Å². The van der Waals surface area contributed by atoms with E-state index in [1.165, 1.54) is 11.1 Å². The minimum atomic E-state index is -1.15. The Labute approximate surface area is 103 Å². The molecule has 2 aromatic rings. The van der Waals surface area contributed by atoms with E-state index in [0.717, 1.165) is 0 Å². The SMILES string of the molecule is O=c1nccc(N(c2ccccc2)[C@@H](O)CO)[nH]1. The van der Waals surface area contributed by atoms with Gasteiger partial charge in [0.2, 0.25) is 0 Å². The highest BCUT2D eigenvalue weighted by Gasteiger charge is 2.18. The van der Waals surface area contributed by atoms with Gasteiger partial charge in [-0.15, -0.1) is 0 Å². The van der Waals surface area contributed by atoms with E-state index in [9.17, 15) is 9.90 Å². The van der Waals surface area contributed by atoms with Gasteiger partial charge in [0, 0.05) is 11.9 Å². The van der Waals surface area contributed by atoms with Gasteiger partial charge in [-0.1, -0.05) is 18.2 Å². The lowest BCUT2D eigenvalue weighted by molar-refractivity contribution is 0.0996. The van der Waals surface area contributed by atoms with Crippen LogP contribution in [-0.2, 0) is 0 Å². The first kappa shape index (κ1) is 12.3. The number of rotatable bonds is 4. The molecule has 94 valence electrons. The van der Waals surface area contributed by atoms with Gasteiger partial charge in [0.25, 0.3) is 0 Å². The zero-order valence-corrected chi connectivity index (χ0v) is 9.52. The first-order valence-electron chi connectivity index (χ1n) is 5.41. The maximum absolute atomic E-state index is 11.2. The monoisotopic (exact) mass is 247 g/mol. The van der Waals surface area contributed by atoms with E-state index in [1.807, 2.05) is 6.07 Å². The fourth-order valence-electron chi connectivity index (χ4n) is 1.64. The van der Waals surface area contributed by atoms with E-state index < -0.39 is 18.5 Å². The minimum Gasteiger partial charge on any atom is -0.392 e. The number of aliphatic hydroxyl groups excluding tert-OH is 2. The van der Waals surface area contributed by atoms with Gasteiger partial charge in [-0.3, -0.25) is 9.88 Å². The van der Waals surface area contributed by atoms with Crippen molar-refractivity contribution in [3.63, 3.8) is 0 Å². The number of anilines is 2. The Balaban J connectivity index is 2.47. The van der Waals surface area contributed by atoms with Crippen LogP contribution in [0.5, 0.6) is 0 Å². The molecule has 0 bridgehead atoms. The fourth-order valence-corrected chi connectivity index (χ4v) is 1.64.